The molecule has 0 aliphatic heterocycles. The maximum atomic E-state index is 12.2. The minimum absolute atomic E-state index is 0.0703. The molecular formula is C16H13F2NO3. The highest BCUT2D eigenvalue weighted by atomic mass is 19.3. The molecule has 0 radical (unpaired) electrons. The maximum Gasteiger partial charge on any atom is 0.387 e. The van der Waals surface area contributed by atoms with Gasteiger partial charge in [0.1, 0.15) is 0 Å². The van der Waals surface area contributed by atoms with Crippen molar-refractivity contribution in [2.75, 3.05) is 7.11 Å². The van der Waals surface area contributed by atoms with Crippen LogP contribution < -0.4 is 9.47 Å². The smallest absolute Gasteiger partial charge is 0.387 e. The van der Waals surface area contributed by atoms with Crippen molar-refractivity contribution in [3.8, 4) is 11.5 Å². The summed E-state index contributed by atoms with van der Waals surface area (Å²) in [5, 5.41) is 0. The van der Waals surface area contributed by atoms with Gasteiger partial charge in [0.05, 0.1) is 7.11 Å². The molecule has 2 rings (SSSR count). The summed E-state index contributed by atoms with van der Waals surface area (Å²) in [7, 11) is 1.31. The van der Waals surface area contributed by atoms with E-state index < -0.39 is 6.61 Å². The number of hydrogen-bond acceptors (Lipinski definition) is 4. The van der Waals surface area contributed by atoms with Gasteiger partial charge in [0, 0.05) is 18.0 Å². The molecule has 2 aromatic rings. The average Bonchev–Trinajstić information content (AvgIpc) is 2.53. The lowest BCUT2D eigenvalue weighted by atomic mass is 10.1. The number of allylic oxidation sites excluding steroid dienone is 1. The molecule has 0 saturated carbocycles. The third-order valence-electron chi connectivity index (χ3n) is 2.78. The van der Waals surface area contributed by atoms with Crippen molar-refractivity contribution in [2.24, 2.45) is 0 Å². The standard InChI is InChI=1S/C16H13F2NO3/c1-21-15-9-12(5-7-14(15)22-16(17)18)13(20)6-4-11-3-2-8-19-10-11/h2-10,16H,1H3. The number of aromatic nitrogens is 1. The number of pyridine rings is 1. The van der Waals surface area contributed by atoms with E-state index in [1.807, 2.05) is 0 Å². The van der Waals surface area contributed by atoms with Crippen LogP contribution >= 0.6 is 0 Å². The Balaban J connectivity index is 2.18. The van der Waals surface area contributed by atoms with E-state index in [2.05, 4.69) is 9.72 Å². The molecule has 6 heteroatoms. The number of hydrogen-bond donors (Lipinski definition) is 0. The Morgan fingerprint density at radius 1 is 1.27 bits per heavy atom. The van der Waals surface area contributed by atoms with Crippen molar-refractivity contribution in [3.63, 3.8) is 0 Å². The Hall–Kier alpha value is -2.76. The van der Waals surface area contributed by atoms with Gasteiger partial charge in [-0.1, -0.05) is 6.07 Å². The molecular weight excluding hydrogens is 292 g/mol. The van der Waals surface area contributed by atoms with E-state index in [-0.39, 0.29) is 17.3 Å². The Kier molecular flexibility index (Phi) is 5.19. The Morgan fingerprint density at radius 2 is 2.09 bits per heavy atom. The molecule has 1 heterocycles. The zero-order chi connectivity index (χ0) is 15.9. The Bertz CT molecular complexity index is 672. The van der Waals surface area contributed by atoms with Crippen molar-refractivity contribution in [3.05, 3.63) is 59.9 Å². The maximum absolute atomic E-state index is 12.2. The first-order chi connectivity index (χ1) is 10.6. The molecule has 0 atom stereocenters. The molecule has 0 unspecified atom stereocenters. The van der Waals surface area contributed by atoms with Crippen LogP contribution in [0, 0.1) is 0 Å². The molecule has 114 valence electrons. The molecule has 0 fully saturated rings. The predicted octanol–water partition coefficient (Wildman–Crippen LogP) is 3.59. The van der Waals surface area contributed by atoms with Crippen LogP contribution in [0.3, 0.4) is 0 Å². The van der Waals surface area contributed by atoms with E-state index in [1.165, 1.54) is 31.4 Å². The van der Waals surface area contributed by atoms with Crippen LogP contribution in [0.15, 0.2) is 48.8 Å². The largest absolute Gasteiger partial charge is 0.493 e. The van der Waals surface area contributed by atoms with Gasteiger partial charge in [-0.05, 0) is 42.0 Å². The van der Waals surface area contributed by atoms with Crippen LogP contribution in [0.2, 0.25) is 0 Å². The summed E-state index contributed by atoms with van der Waals surface area (Å²) in [4.78, 5) is 16.0. The first-order valence-electron chi connectivity index (χ1n) is 6.35. The van der Waals surface area contributed by atoms with Crippen molar-refractivity contribution in [2.45, 2.75) is 6.61 Å². The highest BCUT2D eigenvalue weighted by Gasteiger charge is 2.13. The van der Waals surface area contributed by atoms with Crippen LogP contribution in [-0.2, 0) is 0 Å². The number of rotatable bonds is 6. The van der Waals surface area contributed by atoms with Crippen LogP contribution in [-0.4, -0.2) is 24.5 Å². The number of benzene rings is 1. The lowest BCUT2D eigenvalue weighted by Gasteiger charge is -2.10. The lowest BCUT2D eigenvalue weighted by Crippen LogP contribution is -2.04. The first kappa shape index (κ1) is 15.6. The van der Waals surface area contributed by atoms with Crippen molar-refractivity contribution < 1.29 is 23.0 Å². The van der Waals surface area contributed by atoms with Crippen LogP contribution in [0.25, 0.3) is 6.08 Å². The van der Waals surface area contributed by atoms with E-state index in [0.29, 0.717) is 5.56 Å². The average molecular weight is 305 g/mol. The van der Waals surface area contributed by atoms with Crippen LogP contribution in [0.5, 0.6) is 11.5 Å². The van der Waals surface area contributed by atoms with E-state index in [0.717, 1.165) is 5.56 Å². The SMILES string of the molecule is COc1cc(C(=O)C=Cc2cccnc2)ccc1OC(F)F. The minimum Gasteiger partial charge on any atom is -0.493 e. The first-order valence-corrected chi connectivity index (χ1v) is 6.35. The lowest BCUT2D eigenvalue weighted by molar-refractivity contribution is -0.0512. The van der Waals surface area contributed by atoms with Gasteiger partial charge < -0.3 is 9.47 Å². The zero-order valence-electron chi connectivity index (χ0n) is 11.7. The summed E-state index contributed by atoms with van der Waals surface area (Å²) in [5.74, 6) is -0.336. The Labute approximate surface area is 126 Å². The molecule has 0 amide bonds. The fourth-order valence-electron chi connectivity index (χ4n) is 1.76. The van der Waals surface area contributed by atoms with Gasteiger partial charge in [-0.2, -0.15) is 8.78 Å². The van der Waals surface area contributed by atoms with E-state index in [1.54, 1.807) is 30.6 Å². The van der Waals surface area contributed by atoms with Gasteiger partial charge in [-0.3, -0.25) is 9.78 Å². The predicted molar refractivity (Wildman–Crippen MR) is 77.2 cm³/mol. The highest BCUT2D eigenvalue weighted by molar-refractivity contribution is 6.07. The second-order valence-corrected chi connectivity index (χ2v) is 4.23. The summed E-state index contributed by atoms with van der Waals surface area (Å²) in [6.07, 6.45) is 6.24. The third-order valence-corrected chi connectivity index (χ3v) is 2.78. The normalized spacial score (nSPS) is 10.9. The molecule has 0 N–H and O–H groups in total. The third kappa shape index (κ3) is 4.12. The van der Waals surface area contributed by atoms with E-state index >= 15 is 0 Å². The van der Waals surface area contributed by atoms with Gasteiger partial charge in [0.15, 0.2) is 17.3 Å². The summed E-state index contributed by atoms with van der Waals surface area (Å²) in [6, 6.07) is 7.58. The topological polar surface area (TPSA) is 48.4 Å². The van der Waals surface area contributed by atoms with Crippen molar-refractivity contribution >= 4 is 11.9 Å². The number of ether oxygens (including phenoxy) is 2. The molecule has 1 aromatic carbocycles. The fourth-order valence-corrected chi connectivity index (χ4v) is 1.76. The molecule has 0 bridgehead atoms. The van der Waals surface area contributed by atoms with Crippen LogP contribution in [0.4, 0.5) is 8.78 Å². The summed E-state index contributed by atoms with van der Waals surface area (Å²) in [6.45, 7) is -2.96. The van der Waals surface area contributed by atoms with Gasteiger partial charge in [0.25, 0.3) is 0 Å². The Morgan fingerprint density at radius 3 is 2.73 bits per heavy atom. The molecule has 0 aliphatic carbocycles. The number of methoxy groups -OCH3 is 1. The number of carbonyl (C=O) groups is 1. The number of halogens is 2. The van der Waals surface area contributed by atoms with Crippen molar-refractivity contribution in [1.82, 2.24) is 4.98 Å². The molecule has 0 aliphatic rings. The van der Waals surface area contributed by atoms with E-state index in [4.69, 9.17) is 4.74 Å². The summed E-state index contributed by atoms with van der Waals surface area (Å²) in [5.41, 5.74) is 1.08. The quantitative estimate of drug-likeness (QED) is 0.604. The van der Waals surface area contributed by atoms with Gasteiger partial charge in [-0.25, -0.2) is 0 Å². The summed E-state index contributed by atoms with van der Waals surface area (Å²) < 4.78 is 33.7. The van der Waals surface area contributed by atoms with Gasteiger partial charge >= 0.3 is 6.61 Å². The molecule has 4 nitrogen and oxygen atoms in total. The second kappa shape index (κ2) is 7.31. The van der Waals surface area contributed by atoms with Crippen LogP contribution in [0.1, 0.15) is 15.9 Å². The monoisotopic (exact) mass is 305 g/mol. The number of alkyl halides is 2. The molecule has 22 heavy (non-hydrogen) atoms. The summed E-state index contributed by atoms with van der Waals surface area (Å²) >= 11 is 0. The number of nitrogens with zero attached hydrogens (tertiary/aromatic N) is 1. The highest BCUT2D eigenvalue weighted by Crippen LogP contribution is 2.29. The van der Waals surface area contributed by atoms with Crippen molar-refractivity contribution in [1.29, 1.82) is 0 Å². The molecule has 1 aromatic heterocycles. The molecule has 0 saturated heterocycles. The number of ketones is 1. The minimum atomic E-state index is -2.96. The number of carbonyl (C=O) groups excluding carboxylic acids is 1. The van der Waals surface area contributed by atoms with Gasteiger partial charge in [-0.15, -0.1) is 0 Å². The fraction of sp³-hybridized carbons (Fsp3) is 0.125. The second-order valence-electron chi connectivity index (χ2n) is 4.23. The molecule has 0 spiro atoms. The van der Waals surface area contributed by atoms with Gasteiger partial charge in [0.2, 0.25) is 0 Å². The van der Waals surface area contributed by atoms with E-state index in [9.17, 15) is 13.6 Å². The zero-order valence-corrected chi connectivity index (χ0v) is 11.7.